The molecule has 2 amide bonds. The number of hydrogen-bond acceptors (Lipinski definition) is 4. The molecule has 30 heavy (non-hydrogen) atoms. The molecule has 0 saturated carbocycles. The first-order chi connectivity index (χ1) is 14.2. The summed E-state index contributed by atoms with van der Waals surface area (Å²) in [5, 5.41) is 5.32. The van der Waals surface area contributed by atoms with E-state index >= 15 is 0 Å². The normalized spacial score (nSPS) is 17.0. The summed E-state index contributed by atoms with van der Waals surface area (Å²) in [6.45, 7) is 3.79. The highest BCUT2D eigenvalue weighted by atomic mass is 79.9. The van der Waals surface area contributed by atoms with Gasteiger partial charge in [-0.25, -0.2) is 8.42 Å². The van der Waals surface area contributed by atoms with Crippen molar-refractivity contribution in [2.24, 2.45) is 0 Å². The first-order valence-corrected chi connectivity index (χ1v) is 11.8. The molecular weight excluding hydrogens is 470 g/mol. The quantitative estimate of drug-likeness (QED) is 0.646. The van der Waals surface area contributed by atoms with Crippen LogP contribution in [-0.4, -0.2) is 43.7 Å². The predicted octanol–water partition coefficient (Wildman–Crippen LogP) is 2.97. The summed E-state index contributed by atoms with van der Waals surface area (Å²) < 4.78 is 28.1. The van der Waals surface area contributed by atoms with Crippen molar-refractivity contribution in [1.82, 2.24) is 9.62 Å². The second-order valence-corrected chi connectivity index (χ2v) is 10.1. The molecule has 1 heterocycles. The Kier molecular flexibility index (Phi) is 6.95. The molecule has 0 bridgehead atoms. The van der Waals surface area contributed by atoms with E-state index in [4.69, 9.17) is 0 Å². The Morgan fingerprint density at radius 1 is 1.13 bits per heavy atom. The summed E-state index contributed by atoms with van der Waals surface area (Å²) in [6.07, 6.45) is 1.01. The van der Waals surface area contributed by atoms with E-state index in [0.717, 1.165) is 15.6 Å². The van der Waals surface area contributed by atoms with Crippen molar-refractivity contribution in [3.63, 3.8) is 0 Å². The second kappa shape index (κ2) is 9.28. The Labute approximate surface area is 185 Å². The fraction of sp³-hybridized carbons (Fsp3) is 0.333. The summed E-state index contributed by atoms with van der Waals surface area (Å²) >= 11 is 3.37. The molecule has 3 rings (SSSR count). The lowest BCUT2D eigenvalue weighted by Crippen LogP contribution is -2.47. The maximum atomic E-state index is 13.0. The Hall–Kier alpha value is -2.23. The molecule has 2 aromatic carbocycles. The number of halogens is 1. The summed E-state index contributed by atoms with van der Waals surface area (Å²) in [5.41, 5.74) is 2.49. The molecule has 9 heteroatoms. The molecule has 0 aromatic heterocycles. The van der Waals surface area contributed by atoms with Crippen LogP contribution in [0.1, 0.15) is 24.0 Å². The fourth-order valence-corrected chi connectivity index (χ4v) is 5.51. The van der Waals surface area contributed by atoms with Crippen LogP contribution < -0.4 is 10.6 Å². The topological polar surface area (TPSA) is 95.6 Å². The zero-order valence-electron chi connectivity index (χ0n) is 16.8. The van der Waals surface area contributed by atoms with Gasteiger partial charge in [0, 0.05) is 16.7 Å². The van der Waals surface area contributed by atoms with E-state index < -0.39 is 22.0 Å². The Balaban J connectivity index is 1.63. The predicted molar refractivity (Wildman–Crippen MR) is 119 cm³/mol. The minimum atomic E-state index is -3.78. The molecule has 1 fully saturated rings. The molecule has 2 N–H and O–H groups in total. The lowest BCUT2D eigenvalue weighted by Gasteiger charge is -2.23. The van der Waals surface area contributed by atoms with Gasteiger partial charge in [-0.1, -0.05) is 33.6 Å². The SMILES string of the molecule is Cc1ccc(S(=O)(=O)N2CCC[C@@H]2C(=O)NCC(=O)Nc2ccc(Br)cc2C)cc1. The summed E-state index contributed by atoms with van der Waals surface area (Å²) in [4.78, 5) is 25.0. The van der Waals surface area contributed by atoms with Gasteiger partial charge in [0.25, 0.3) is 0 Å². The average Bonchev–Trinajstić information content (AvgIpc) is 3.19. The van der Waals surface area contributed by atoms with E-state index in [1.165, 1.54) is 4.31 Å². The van der Waals surface area contributed by atoms with Gasteiger partial charge in [-0.2, -0.15) is 4.31 Å². The highest BCUT2D eigenvalue weighted by Crippen LogP contribution is 2.26. The van der Waals surface area contributed by atoms with Crippen LogP contribution in [0.25, 0.3) is 0 Å². The monoisotopic (exact) mass is 493 g/mol. The maximum Gasteiger partial charge on any atom is 0.243 e. The van der Waals surface area contributed by atoms with Gasteiger partial charge >= 0.3 is 0 Å². The second-order valence-electron chi connectivity index (χ2n) is 7.31. The molecule has 160 valence electrons. The molecular formula is C21H24BrN3O4S. The van der Waals surface area contributed by atoms with Gasteiger partial charge in [-0.3, -0.25) is 9.59 Å². The molecule has 1 aliphatic heterocycles. The molecule has 7 nitrogen and oxygen atoms in total. The highest BCUT2D eigenvalue weighted by molar-refractivity contribution is 9.10. The van der Waals surface area contributed by atoms with Crippen molar-refractivity contribution in [1.29, 1.82) is 0 Å². The Morgan fingerprint density at radius 3 is 2.50 bits per heavy atom. The number of anilines is 1. The van der Waals surface area contributed by atoms with Gasteiger partial charge < -0.3 is 10.6 Å². The van der Waals surface area contributed by atoms with Gasteiger partial charge in [0.05, 0.1) is 11.4 Å². The molecule has 1 saturated heterocycles. The molecule has 0 spiro atoms. The lowest BCUT2D eigenvalue weighted by atomic mass is 10.2. The van der Waals surface area contributed by atoms with Crippen LogP contribution in [0.3, 0.4) is 0 Å². The number of benzene rings is 2. The number of rotatable bonds is 6. The van der Waals surface area contributed by atoms with Crippen molar-refractivity contribution < 1.29 is 18.0 Å². The van der Waals surface area contributed by atoms with Crippen LogP contribution in [0.4, 0.5) is 5.69 Å². The van der Waals surface area contributed by atoms with E-state index in [-0.39, 0.29) is 23.9 Å². The molecule has 2 aromatic rings. The van der Waals surface area contributed by atoms with E-state index in [0.29, 0.717) is 18.5 Å². The van der Waals surface area contributed by atoms with E-state index in [9.17, 15) is 18.0 Å². The number of aryl methyl sites for hydroxylation is 2. The first kappa shape index (κ1) is 22.5. The van der Waals surface area contributed by atoms with Crippen LogP contribution in [0, 0.1) is 13.8 Å². The third-order valence-corrected chi connectivity index (χ3v) is 7.44. The zero-order chi connectivity index (χ0) is 21.9. The van der Waals surface area contributed by atoms with Gasteiger partial charge in [0.2, 0.25) is 21.8 Å². The number of sulfonamides is 1. The lowest BCUT2D eigenvalue weighted by molar-refractivity contribution is -0.126. The third kappa shape index (κ3) is 5.08. The minimum absolute atomic E-state index is 0.163. The van der Waals surface area contributed by atoms with Crippen LogP contribution in [0.5, 0.6) is 0 Å². The molecule has 0 radical (unpaired) electrons. The molecule has 1 atom stereocenters. The zero-order valence-corrected chi connectivity index (χ0v) is 19.2. The van der Waals surface area contributed by atoms with Crippen molar-refractivity contribution >= 4 is 43.5 Å². The first-order valence-electron chi connectivity index (χ1n) is 9.61. The number of carbonyl (C=O) groups excluding carboxylic acids is 2. The Bertz CT molecular complexity index is 1050. The smallest absolute Gasteiger partial charge is 0.243 e. The number of amides is 2. The largest absolute Gasteiger partial charge is 0.346 e. The fourth-order valence-electron chi connectivity index (χ4n) is 3.38. The van der Waals surface area contributed by atoms with E-state index in [1.807, 2.05) is 26.0 Å². The molecule has 1 aliphatic rings. The minimum Gasteiger partial charge on any atom is -0.346 e. The number of nitrogens with zero attached hydrogens (tertiary/aromatic N) is 1. The average molecular weight is 494 g/mol. The van der Waals surface area contributed by atoms with E-state index in [2.05, 4.69) is 26.6 Å². The molecule has 0 unspecified atom stereocenters. The van der Waals surface area contributed by atoms with Crippen LogP contribution in [0.15, 0.2) is 51.8 Å². The highest BCUT2D eigenvalue weighted by Gasteiger charge is 2.39. The van der Waals surface area contributed by atoms with Gasteiger partial charge in [-0.05, 0) is 62.6 Å². The van der Waals surface area contributed by atoms with Crippen LogP contribution >= 0.6 is 15.9 Å². The number of nitrogens with one attached hydrogen (secondary N) is 2. The van der Waals surface area contributed by atoms with Crippen molar-refractivity contribution in [2.75, 3.05) is 18.4 Å². The summed E-state index contributed by atoms with van der Waals surface area (Å²) in [6, 6.07) is 11.2. The molecule has 0 aliphatic carbocycles. The van der Waals surface area contributed by atoms with Crippen molar-refractivity contribution in [3.8, 4) is 0 Å². The summed E-state index contributed by atoms with van der Waals surface area (Å²) in [7, 11) is -3.78. The van der Waals surface area contributed by atoms with Crippen LogP contribution in [0.2, 0.25) is 0 Å². The number of hydrogen-bond donors (Lipinski definition) is 2. The van der Waals surface area contributed by atoms with Gasteiger partial charge in [-0.15, -0.1) is 0 Å². The van der Waals surface area contributed by atoms with Gasteiger partial charge in [0.15, 0.2) is 0 Å². The third-order valence-electron chi connectivity index (χ3n) is 5.02. The summed E-state index contributed by atoms with van der Waals surface area (Å²) in [5.74, 6) is -0.842. The maximum absolute atomic E-state index is 13.0. The van der Waals surface area contributed by atoms with Crippen molar-refractivity contribution in [3.05, 3.63) is 58.1 Å². The Morgan fingerprint density at radius 2 is 1.83 bits per heavy atom. The van der Waals surface area contributed by atoms with Crippen LogP contribution in [-0.2, 0) is 19.6 Å². The number of carbonyl (C=O) groups is 2. The standard InChI is InChI=1S/C21H24BrN3O4S/c1-14-5-8-17(9-6-14)30(28,29)25-11-3-4-19(25)21(27)23-13-20(26)24-18-10-7-16(22)12-15(18)2/h5-10,12,19H,3-4,11,13H2,1-2H3,(H,23,27)(H,24,26)/t19-/m1/s1. The van der Waals surface area contributed by atoms with Gasteiger partial charge in [0.1, 0.15) is 6.04 Å². The van der Waals surface area contributed by atoms with E-state index in [1.54, 1.807) is 30.3 Å². The van der Waals surface area contributed by atoms with Crippen molar-refractivity contribution in [2.45, 2.75) is 37.6 Å².